The zero-order valence-electron chi connectivity index (χ0n) is 7.87. The minimum Gasteiger partial charge on any atom is -0.363 e. The molecule has 0 aromatic rings. The van der Waals surface area contributed by atoms with Crippen LogP contribution < -0.4 is 10.6 Å². The van der Waals surface area contributed by atoms with Crippen molar-refractivity contribution >= 4 is 17.3 Å². The van der Waals surface area contributed by atoms with E-state index in [2.05, 4.69) is 10.6 Å². The number of rotatable bonds is 3. The lowest BCUT2D eigenvalue weighted by Crippen LogP contribution is -2.51. The second-order valence-electron chi connectivity index (χ2n) is 3.46. The minimum absolute atomic E-state index is 0.0988. The van der Waals surface area contributed by atoms with Crippen LogP contribution in [-0.4, -0.2) is 23.4 Å². The van der Waals surface area contributed by atoms with Crippen LogP contribution in [0.25, 0.3) is 0 Å². The molecule has 2 nitrogen and oxygen atoms in total. The molecule has 0 saturated heterocycles. The highest BCUT2D eigenvalue weighted by Gasteiger charge is 2.63. The van der Waals surface area contributed by atoms with Crippen LogP contribution in [0.4, 0.5) is 13.2 Å². The maximum atomic E-state index is 12.4. The lowest BCUT2D eigenvalue weighted by Gasteiger charge is -2.22. The van der Waals surface area contributed by atoms with E-state index in [4.69, 9.17) is 12.2 Å². The summed E-state index contributed by atoms with van der Waals surface area (Å²) in [6.45, 7) is 2.52. The maximum Gasteiger partial charge on any atom is 0.411 e. The molecule has 1 aliphatic rings. The molecule has 0 atom stereocenters. The normalized spacial score (nSPS) is 18.9. The molecule has 0 radical (unpaired) electrons. The van der Waals surface area contributed by atoms with Gasteiger partial charge in [-0.05, 0) is 31.5 Å². The average molecular weight is 226 g/mol. The van der Waals surface area contributed by atoms with Gasteiger partial charge in [0.05, 0.1) is 0 Å². The average Bonchev–Trinajstić information content (AvgIpc) is 2.80. The molecule has 0 amide bonds. The summed E-state index contributed by atoms with van der Waals surface area (Å²) < 4.78 is 37.3. The highest BCUT2D eigenvalue weighted by molar-refractivity contribution is 7.80. The minimum atomic E-state index is -4.20. The molecule has 2 N–H and O–H groups in total. The molecule has 14 heavy (non-hydrogen) atoms. The van der Waals surface area contributed by atoms with Gasteiger partial charge in [-0.25, -0.2) is 0 Å². The van der Waals surface area contributed by atoms with Crippen molar-refractivity contribution in [3.63, 3.8) is 0 Å². The van der Waals surface area contributed by atoms with Gasteiger partial charge in [-0.3, -0.25) is 0 Å². The number of nitrogens with one attached hydrogen (secondary N) is 2. The van der Waals surface area contributed by atoms with Gasteiger partial charge in [0.1, 0.15) is 5.54 Å². The molecule has 0 spiro atoms. The molecule has 0 aliphatic heterocycles. The Bertz CT molecular complexity index is 223. The van der Waals surface area contributed by atoms with E-state index in [0.717, 1.165) is 6.42 Å². The Hall–Kier alpha value is -0.520. The molecule has 6 heteroatoms. The van der Waals surface area contributed by atoms with Crippen molar-refractivity contribution in [3.8, 4) is 0 Å². The monoisotopic (exact) mass is 226 g/mol. The van der Waals surface area contributed by atoms with Gasteiger partial charge in [0.2, 0.25) is 0 Å². The van der Waals surface area contributed by atoms with E-state index in [9.17, 15) is 13.2 Å². The lowest BCUT2D eigenvalue weighted by molar-refractivity contribution is -0.161. The lowest BCUT2D eigenvalue weighted by atomic mass is 10.3. The number of hydrogen-bond donors (Lipinski definition) is 2. The zero-order valence-corrected chi connectivity index (χ0v) is 8.69. The quantitative estimate of drug-likeness (QED) is 0.719. The second kappa shape index (κ2) is 3.92. The zero-order chi connectivity index (χ0) is 10.8. The van der Waals surface area contributed by atoms with Crippen molar-refractivity contribution < 1.29 is 13.2 Å². The predicted octanol–water partition coefficient (Wildman–Crippen LogP) is 1.96. The van der Waals surface area contributed by atoms with Gasteiger partial charge in [0.15, 0.2) is 5.11 Å². The first kappa shape index (κ1) is 11.6. The van der Waals surface area contributed by atoms with Crippen molar-refractivity contribution in [3.05, 3.63) is 0 Å². The van der Waals surface area contributed by atoms with Crippen LogP contribution in [0.1, 0.15) is 26.2 Å². The third-order valence-corrected chi connectivity index (χ3v) is 2.43. The molecule has 82 valence electrons. The summed E-state index contributed by atoms with van der Waals surface area (Å²) in [5, 5.41) is 5.16. The van der Waals surface area contributed by atoms with Gasteiger partial charge in [-0.1, -0.05) is 6.92 Å². The van der Waals surface area contributed by atoms with E-state index in [1.807, 2.05) is 6.92 Å². The van der Waals surface area contributed by atoms with Gasteiger partial charge >= 0.3 is 6.18 Å². The molecule has 0 bridgehead atoms. The second-order valence-corrected chi connectivity index (χ2v) is 3.87. The van der Waals surface area contributed by atoms with Gasteiger partial charge < -0.3 is 10.6 Å². The van der Waals surface area contributed by atoms with E-state index >= 15 is 0 Å². The summed E-state index contributed by atoms with van der Waals surface area (Å²) in [5.74, 6) is 0. The molecule has 1 fully saturated rings. The molecule has 0 aromatic carbocycles. The topological polar surface area (TPSA) is 24.1 Å². The van der Waals surface area contributed by atoms with Crippen LogP contribution in [0, 0.1) is 0 Å². The van der Waals surface area contributed by atoms with Gasteiger partial charge in [-0.2, -0.15) is 13.2 Å². The Morgan fingerprint density at radius 1 is 1.43 bits per heavy atom. The van der Waals surface area contributed by atoms with Crippen molar-refractivity contribution in [2.24, 2.45) is 0 Å². The molecule has 0 heterocycles. The number of alkyl halides is 3. The van der Waals surface area contributed by atoms with Gasteiger partial charge in [-0.15, -0.1) is 0 Å². The largest absolute Gasteiger partial charge is 0.411 e. The Balaban J connectivity index is 2.40. The Kier molecular flexibility index (Phi) is 3.24. The van der Waals surface area contributed by atoms with Crippen molar-refractivity contribution in [2.75, 3.05) is 6.54 Å². The molecule has 0 unspecified atom stereocenters. The molecule has 1 aliphatic carbocycles. The SMILES string of the molecule is CCCNC(=S)NC1(C(F)(F)F)CC1. The van der Waals surface area contributed by atoms with E-state index in [-0.39, 0.29) is 18.0 Å². The van der Waals surface area contributed by atoms with Crippen LogP contribution in [-0.2, 0) is 0 Å². The third-order valence-electron chi connectivity index (χ3n) is 2.18. The predicted molar refractivity (Wildman–Crippen MR) is 52.0 cm³/mol. The van der Waals surface area contributed by atoms with Crippen LogP contribution in [0.5, 0.6) is 0 Å². The van der Waals surface area contributed by atoms with Crippen molar-refractivity contribution in [2.45, 2.75) is 37.9 Å². The van der Waals surface area contributed by atoms with E-state index in [0.29, 0.717) is 6.54 Å². The number of hydrogen-bond acceptors (Lipinski definition) is 1. The fraction of sp³-hybridized carbons (Fsp3) is 0.875. The smallest absolute Gasteiger partial charge is 0.363 e. The van der Waals surface area contributed by atoms with Crippen molar-refractivity contribution in [1.82, 2.24) is 10.6 Å². The first-order valence-electron chi connectivity index (χ1n) is 4.54. The summed E-state index contributed by atoms with van der Waals surface area (Å²) in [7, 11) is 0. The summed E-state index contributed by atoms with van der Waals surface area (Å²) in [6, 6.07) is 0. The summed E-state index contributed by atoms with van der Waals surface area (Å²) in [4.78, 5) is 0. The molecular weight excluding hydrogens is 213 g/mol. The highest BCUT2D eigenvalue weighted by atomic mass is 32.1. The van der Waals surface area contributed by atoms with E-state index in [1.54, 1.807) is 0 Å². The van der Waals surface area contributed by atoms with Crippen LogP contribution in [0.15, 0.2) is 0 Å². The molecule has 1 saturated carbocycles. The number of halogens is 3. The fourth-order valence-corrected chi connectivity index (χ4v) is 1.40. The van der Waals surface area contributed by atoms with Crippen LogP contribution >= 0.6 is 12.2 Å². The summed E-state index contributed by atoms with van der Waals surface area (Å²) in [5.41, 5.74) is -1.75. The Morgan fingerprint density at radius 2 is 2.00 bits per heavy atom. The molecular formula is C8H13F3N2S. The fourth-order valence-electron chi connectivity index (χ4n) is 1.10. The highest BCUT2D eigenvalue weighted by Crippen LogP contribution is 2.48. The van der Waals surface area contributed by atoms with Crippen LogP contribution in [0.3, 0.4) is 0 Å². The summed E-state index contributed by atoms with van der Waals surface area (Å²) in [6.07, 6.45) is -3.14. The first-order chi connectivity index (χ1) is 6.41. The van der Waals surface area contributed by atoms with E-state index < -0.39 is 11.7 Å². The molecule has 0 aromatic heterocycles. The Labute approximate surface area is 86.2 Å². The number of thiocarbonyl (C=S) groups is 1. The van der Waals surface area contributed by atoms with Crippen molar-refractivity contribution in [1.29, 1.82) is 0 Å². The Morgan fingerprint density at radius 3 is 2.36 bits per heavy atom. The summed E-state index contributed by atoms with van der Waals surface area (Å²) >= 11 is 4.75. The van der Waals surface area contributed by atoms with E-state index in [1.165, 1.54) is 0 Å². The van der Waals surface area contributed by atoms with Gasteiger partial charge in [0, 0.05) is 6.54 Å². The maximum absolute atomic E-state index is 12.4. The van der Waals surface area contributed by atoms with Crippen LogP contribution in [0.2, 0.25) is 0 Å². The van der Waals surface area contributed by atoms with Gasteiger partial charge in [0.25, 0.3) is 0 Å². The third kappa shape index (κ3) is 2.50. The first-order valence-corrected chi connectivity index (χ1v) is 4.95. The standard InChI is InChI=1S/C8H13F3N2S/c1-2-5-12-6(14)13-7(3-4-7)8(9,10)11/h2-5H2,1H3,(H2,12,13,14). The molecule has 1 rings (SSSR count).